The third kappa shape index (κ3) is 2.18. The van der Waals surface area contributed by atoms with Crippen molar-refractivity contribution in [2.45, 2.75) is 58.4 Å². The van der Waals surface area contributed by atoms with E-state index in [0.29, 0.717) is 0 Å². The number of rotatable bonds is 3. The topological polar surface area (TPSA) is 0 Å². The van der Waals surface area contributed by atoms with Crippen molar-refractivity contribution in [3.8, 4) is 0 Å². The van der Waals surface area contributed by atoms with Crippen molar-refractivity contribution >= 4 is 15.9 Å². The quantitative estimate of drug-likeness (QED) is 0.595. The molecule has 0 radical (unpaired) electrons. The highest BCUT2D eigenvalue weighted by Crippen LogP contribution is 2.33. The van der Waals surface area contributed by atoms with Crippen LogP contribution in [0.1, 0.15) is 27.7 Å². The molecule has 0 rings (SSSR count). The van der Waals surface area contributed by atoms with Gasteiger partial charge in [0.25, 0.3) is 0 Å². The largest absolute Gasteiger partial charge is 0.0740 e. The Hall–Kier alpha value is 0.434. The lowest BCUT2D eigenvalue weighted by atomic mass is 10.5. The predicted octanol–water partition coefficient (Wildman–Crippen LogP) is 3.45. The molecule has 0 aliphatic rings. The van der Waals surface area contributed by atoms with E-state index in [1.54, 1.807) is 0 Å². The molecule has 0 nitrogen and oxygen atoms in total. The molecule has 0 amide bonds. The van der Waals surface area contributed by atoms with E-state index >= 15 is 0 Å². The van der Waals surface area contributed by atoms with Crippen molar-refractivity contribution in [1.29, 1.82) is 0 Å². The van der Waals surface area contributed by atoms with Crippen molar-refractivity contribution in [1.82, 2.24) is 0 Å². The van der Waals surface area contributed by atoms with Crippen LogP contribution in [0.3, 0.4) is 0 Å². The van der Waals surface area contributed by atoms with E-state index in [1.165, 1.54) is 0 Å². The fourth-order valence-corrected chi connectivity index (χ4v) is 14.0. The summed E-state index contributed by atoms with van der Waals surface area (Å²) in [6, 6.07) is 0. The number of hydrogen-bond donors (Lipinski definition) is 0. The van der Waals surface area contributed by atoms with Crippen LogP contribution in [0.5, 0.6) is 0 Å². The van der Waals surface area contributed by atoms with Gasteiger partial charge in [-0.3, -0.25) is 0 Å². The van der Waals surface area contributed by atoms with Gasteiger partial charge in [-0.05, 0) is 0 Å². The van der Waals surface area contributed by atoms with E-state index in [-0.39, 0.29) is 8.31 Å². The molecule has 68 valence electrons. The van der Waals surface area contributed by atoms with Crippen LogP contribution in [-0.4, -0.2) is 15.9 Å². The Balaban J connectivity index is 4.53. The van der Waals surface area contributed by atoms with E-state index in [9.17, 15) is 0 Å². The van der Waals surface area contributed by atoms with E-state index in [2.05, 4.69) is 47.3 Å². The average Bonchev–Trinajstić information content (AvgIpc) is 1.84. The highest BCUT2D eigenvalue weighted by Gasteiger charge is 2.37. The lowest BCUT2D eigenvalue weighted by Gasteiger charge is -2.39. The van der Waals surface area contributed by atoms with Gasteiger partial charge in [-0.25, -0.2) is 0 Å². The molecule has 0 aromatic rings. The molecule has 0 unspecified atom stereocenters. The summed E-state index contributed by atoms with van der Waals surface area (Å²) in [5, 5.41) is 0. The van der Waals surface area contributed by atoms with Crippen molar-refractivity contribution in [2.24, 2.45) is 0 Å². The first-order chi connectivity index (χ1) is 4.83. The van der Waals surface area contributed by atoms with Crippen LogP contribution < -0.4 is 0 Å². The molecule has 0 heterocycles. The highest BCUT2D eigenvalue weighted by atomic mass is 29.2. The summed E-state index contributed by atoms with van der Waals surface area (Å²) in [5.74, 6) is 0. The van der Waals surface area contributed by atoms with Crippen LogP contribution in [0.4, 0.5) is 0 Å². The first-order valence-electron chi connectivity index (χ1n) is 4.83. The van der Waals surface area contributed by atoms with Gasteiger partial charge in [0.2, 0.25) is 0 Å². The minimum atomic E-state index is -0.843. The predicted molar refractivity (Wildman–Crippen MR) is 60.7 cm³/mol. The molecular formula is C9H24Si2. The number of hydrogen-bond acceptors (Lipinski definition) is 0. The highest BCUT2D eigenvalue weighted by molar-refractivity contribution is 7.33. The van der Waals surface area contributed by atoms with Crippen LogP contribution >= 0.6 is 0 Å². The SMILES string of the molecule is CC(C)[Si](C)(C(C)C)[SiH](C)C. The Morgan fingerprint density at radius 2 is 1.18 bits per heavy atom. The summed E-state index contributed by atoms with van der Waals surface area (Å²) in [4.78, 5) is 0. The zero-order chi connectivity index (χ0) is 9.23. The molecule has 0 bridgehead atoms. The van der Waals surface area contributed by atoms with Crippen molar-refractivity contribution in [3.63, 3.8) is 0 Å². The van der Waals surface area contributed by atoms with Gasteiger partial charge in [0.15, 0.2) is 0 Å². The van der Waals surface area contributed by atoms with Crippen molar-refractivity contribution in [3.05, 3.63) is 0 Å². The molecule has 0 N–H and O–H groups in total. The third-order valence-corrected chi connectivity index (χ3v) is 22.7. The molecule has 0 atom stereocenters. The molecular weight excluding hydrogens is 164 g/mol. The summed E-state index contributed by atoms with van der Waals surface area (Å²) in [7, 11) is -1.22. The summed E-state index contributed by atoms with van der Waals surface area (Å²) in [6.45, 7) is 17.4. The van der Waals surface area contributed by atoms with Gasteiger partial charge in [-0.1, -0.05) is 58.4 Å². The molecule has 0 fully saturated rings. The summed E-state index contributed by atoms with van der Waals surface area (Å²) < 4.78 is 0. The second-order valence-electron chi connectivity index (χ2n) is 4.83. The van der Waals surface area contributed by atoms with Gasteiger partial charge in [-0.2, -0.15) is 0 Å². The zero-order valence-electron chi connectivity index (χ0n) is 9.23. The minimum absolute atomic E-state index is 0.377. The maximum atomic E-state index is 2.61. The molecule has 11 heavy (non-hydrogen) atoms. The average molecular weight is 188 g/mol. The summed E-state index contributed by atoms with van der Waals surface area (Å²) in [5.41, 5.74) is 1.96. The Bertz CT molecular complexity index is 95.0. The lowest BCUT2D eigenvalue weighted by Crippen LogP contribution is -2.50. The second-order valence-corrected chi connectivity index (χ2v) is 19.4. The van der Waals surface area contributed by atoms with E-state index in [0.717, 1.165) is 11.1 Å². The molecule has 0 aliphatic heterocycles. The molecule has 0 saturated carbocycles. The minimum Gasteiger partial charge on any atom is -0.0740 e. The van der Waals surface area contributed by atoms with Crippen LogP contribution in [0.25, 0.3) is 0 Å². The maximum Gasteiger partial charge on any atom is 0.0454 e. The summed E-state index contributed by atoms with van der Waals surface area (Å²) >= 11 is 0. The van der Waals surface area contributed by atoms with Gasteiger partial charge in [0.1, 0.15) is 0 Å². The van der Waals surface area contributed by atoms with Gasteiger partial charge < -0.3 is 0 Å². The molecule has 0 aromatic carbocycles. The maximum absolute atomic E-state index is 2.61. The molecule has 0 spiro atoms. The Morgan fingerprint density at radius 1 is 0.909 bits per heavy atom. The summed E-state index contributed by atoms with van der Waals surface area (Å²) in [6.07, 6.45) is 0. The Kier molecular flexibility index (Phi) is 4.05. The Morgan fingerprint density at radius 3 is 1.18 bits per heavy atom. The van der Waals surface area contributed by atoms with Gasteiger partial charge in [0, 0.05) is 15.9 Å². The fraction of sp³-hybridized carbons (Fsp3) is 1.00. The van der Waals surface area contributed by atoms with Crippen molar-refractivity contribution in [2.75, 3.05) is 0 Å². The van der Waals surface area contributed by atoms with Crippen LogP contribution in [0.2, 0.25) is 30.7 Å². The normalized spacial score (nSPS) is 13.6. The van der Waals surface area contributed by atoms with Crippen molar-refractivity contribution < 1.29 is 0 Å². The van der Waals surface area contributed by atoms with Gasteiger partial charge in [0.05, 0.1) is 0 Å². The monoisotopic (exact) mass is 188 g/mol. The molecule has 0 aliphatic carbocycles. The first kappa shape index (κ1) is 11.4. The van der Waals surface area contributed by atoms with Crippen LogP contribution in [-0.2, 0) is 0 Å². The van der Waals surface area contributed by atoms with E-state index in [4.69, 9.17) is 0 Å². The first-order valence-corrected chi connectivity index (χ1v) is 11.6. The lowest BCUT2D eigenvalue weighted by molar-refractivity contribution is 0.926. The second kappa shape index (κ2) is 3.90. The van der Waals surface area contributed by atoms with Crippen LogP contribution in [0.15, 0.2) is 0 Å². The van der Waals surface area contributed by atoms with Gasteiger partial charge in [-0.15, -0.1) is 0 Å². The molecule has 0 saturated heterocycles. The van der Waals surface area contributed by atoms with Gasteiger partial charge >= 0.3 is 0 Å². The third-order valence-electron chi connectivity index (χ3n) is 3.73. The molecule has 2 heteroatoms. The molecule has 0 aromatic heterocycles. The fourth-order valence-electron chi connectivity index (χ4n) is 2.00. The van der Waals surface area contributed by atoms with E-state index < -0.39 is 7.59 Å². The Labute approximate surface area is 74.8 Å². The standard InChI is InChI=1S/C9H24Si2/c1-8(2)11(7,9(3)4)10(5)6/h8-10H,1-7H3. The smallest absolute Gasteiger partial charge is 0.0454 e. The van der Waals surface area contributed by atoms with E-state index in [1.807, 2.05) is 0 Å². The van der Waals surface area contributed by atoms with Crippen LogP contribution in [0, 0.1) is 0 Å². The zero-order valence-corrected chi connectivity index (χ0v) is 11.4.